The molecule has 1 aliphatic carbocycles. The van der Waals surface area contributed by atoms with E-state index in [1.807, 2.05) is 13.0 Å². The maximum atomic E-state index is 13.5. The van der Waals surface area contributed by atoms with Gasteiger partial charge in [-0.3, -0.25) is 0 Å². The predicted molar refractivity (Wildman–Crippen MR) is 82.5 cm³/mol. The summed E-state index contributed by atoms with van der Waals surface area (Å²) in [6.07, 6.45) is 2.42. The Kier molecular flexibility index (Phi) is 3.76. The molecule has 0 saturated heterocycles. The molecule has 0 unspecified atom stereocenters. The smallest absolute Gasteiger partial charge is 0.123 e. The van der Waals surface area contributed by atoms with Crippen molar-refractivity contribution in [2.24, 2.45) is 5.73 Å². The number of halogens is 1. The first-order valence-electron chi connectivity index (χ1n) is 6.98. The molecule has 2 N–H and O–H groups in total. The quantitative estimate of drug-likeness (QED) is 0.899. The standard InChI is InChI=1S/C16H19FN2S/c1-11(18)15-8-13(17)2-5-16(15)19(14-3-4-14)9-12-6-7-20-10-12/h2,5-8,10-11,14H,3-4,9,18H2,1H3/t11-/m1/s1. The van der Waals surface area contributed by atoms with Crippen molar-refractivity contribution in [2.75, 3.05) is 4.90 Å². The Morgan fingerprint density at radius 1 is 1.40 bits per heavy atom. The van der Waals surface area contributed by atoms with Crippen molar-refractivity contribution in [3.63, 3.8) is 0 Å². The van der Waals surface area contributed by atoms with Crippen LogP contribution < -0.4 is 10.6 Å². The van der Waals surface area contributed by atoms with E-state index in [0.717, 1.165) is 17.8 Å². The number of benzene rings is 1. The van der Waals surface area contributed by atoms with E-state index in [1.165, 1.54) is 24.5 Å². The lowest BCUT2D eigenvalue weighted by Gasteiger charge is -2.28. The average Bonchev–Trinajstić information content (AvgIpc) is 3.13. The predicted octanol–water partition coefficient (Wildman–Crippen LogP) is 4.08. The van der Waals surface area contributed by atoms with E-state index in [9.17, 15) is 4.39 Å². The Hall–Kier alpha value is -1.39. The first kappa shape index (κ1) is 13.6. The van der Waals surface area contributed by atoms with E-state index in [2.05, 4.69) is 21.7 Å². The molecule has 1 saturated carbocycles. The topological polar surface area (TPSA) is 29.3 Å². The van der Waals surface area contributed by atoms with Crippen molar-refractivity contribution in [2.45, 2.75) is 38.4 Å². The van der Waals surface area contributed by atoms with Crippen LogP contribution in [-0.4, -0.2) is 6.04 Å². The van der Waals surface area contributed by atoms with Crippen molar-refractivity contribution in [3.8, 4) is 0 Å². The zero-order chi connectivity index (χ0) is 14.1. The fraction of sp³-hybridized carbons (Fsp3) is 0.375. The number of hydrogen-bond donors (Lipinski definition) is 1. The van der Waals surface area contributed by atoms with Crippen LogP contribution in [0.3, 0.4) is 0 Å². The summed E-state index contributed by atoms with van der Waals surface area (Å²) in [7, 11) is 0. The van der Waals surface area contributed by atoms with Gasteiger partial charge in [0.25, 0.3) is 0 Å². The van der Waals surface area contributed by atoms with Crippen molar-refractivity contribution < 1.29 is 4.39 Å². The van der Waals surface area contributed by atoms with Gasteiger partial charge in [-0.2, -0.15) is 11.3 Å². The Labute approximate surface area is 123 Å². The molecule has 4 heteroatoms. The molecule has 2 nitrogen and oxygen atoms in total. The number of nitrogens with zero attached hydrogens (tertiary/aromatic N) is 1. The van der Waals surface area contributed by atoms with Crippen LogP contribution in [0.5, 0.6) is 0 Å². The van der Waals surface area contributed by atoms with E-state index in [1.54, 1.807) is 17.4 Å². The number of thiophene rings is 1. The van der Waals surface area contributed by atoms with Crippen LogP contribution in [0, 0.1) is 5.82 Å². The Balaban J connectivity index is 1.95. The average molecular weight is 290 g/mol. The van der Waals surface area contributed by atoms with E-state index in [0.29, 0.717) is 6.04 Å². The first-order chi connectivity index (χ1) is 9.65. The van der Waals surface area contributed by atoms with Gasteiger partial charge in [-0.1, -0.05) is 0 Å². The summed E-state index contributed by atoms with van der Waals surface area (Å²) >= 11 is 1.71. The summed E-state index contributed by atoms with van der Waals surface area (Å²) < 4.78 is 13.5. The van der Waals surface area contributed by atoms with Crippen LogP contribution in [0.2, 0.25) is 0 Å². The molecule has 3 rings (SSSR count). The lowest BCUT2D eigenvalue weighted by Crippen LogP contribution is -2.27. The molecule has 1 fully saturated rings. The second-order valence-corrected chi connectivity index (χ2v) is 6.26. The second kappa shape index (κ2) is 5.54. The van der Waals surface area contributed by atoms with Gasteiger partial charge in [-0.05, 0) is 65.9 Å². The Bertz CT molecular complexity index is 576. The van der Waals surface area contributed by atoms with Gasteiger partial charge >= 0.3 is 0 Å². The minimum Gasteiger partial charge on any atom is -0.364 e. The lowest BCUT2D eigenvalue weighted by molar-refractivity contribution is 0.621. The Morgan fingerprint density at radius 2 is 2.20 bits per heavy atom. The van der Waals surface area contributed by atoms with Crippen molar-refractivity contribution in [3.05, 3.63) is 52.0 Å². The lowest BCUT2D eigenvalue weighted by atomic mass is 10.0. The third kappa shape index (κ3) is 2.86. The molecule has 20 heavy (non-hydrogen) atoms. The fourth-order valence-corrected chi connectivity index (χ4v) is 3.19. The van der Waals surface area contributed by atoms with Crippen LogP contribution >= 0.6 is 11.3 Å². The fourth-order valence-electron chi connectivity index (χ4n) is 2.53. The maximum absolute atomic E-state index is 13.5. The molecular weight excluding hydrogens is 271 g/mol. The number of nitrogens with two attached hydrogens (primary N) is 1. The molecule has 0 bridgehead atoms. The van der Waals surface area contributed by atoms with Crippen LogP contribution in [0.1, 0.15) is 36.9 Å². The van der Waals surface area contributed by atoms with Gasteiger partial charge in [0.15, 0.2) is 0 Å². The van der Waals surface area contributed by atoms with Gasteiger partial charge in [0.2, 0.25) is 0 Å². The summed E-state index contributed by atoms with van der Waals surface area (Å²) in [6.45, 7) is 2.79. The largest absolute Gasteiger partial charge is 0.364 e. The highest BCUT2D eigenvalue weighted by Crippen LogP contribution is 2.37. The molecule has 2 aromatic rings. The molecule has 1 heterocycles. The van der Waals surface area contributed by atoms with Crippen molar-refractivity contribution >= 4 is 17.0 Å². The SMILES string of the molecule is C[C@@H](N)c1cc(F)ccc1N(Cc1ccsc1)C1CC1. The maximum Gasteiger partial charge on any atom is 0.123 e. The molecule has 0 radical (unpaired) electrons. The zero-order valence-electron chi connectivity index (χ0n) is 11.6. The molecule has 1 aromatic carbocycles. The van der Waals surface area contributed by atoms with Gasteiger partial charge < -0.3 is 10.6 Å². The highest BCUT2D eigenvalue weighted by molar-refractivity contribution is 7.07. The molecule has 1 aromatic heterocycles. The molecule has 106 valence electrons. The van der Waals surface area contributed by atoms with Gasteiger partial charge in [-0.15, -0.1) is 0 Å². The van der Waals surface area contributed by atoms with Crippen molar-refractivity contribution in [1.29, 1.82) is 0 Å². The van der Waals surface area contributed by atoms with Crippen LogP contribution in [0.15, 0.2) is 35.0 Å². The third-order valence-electron chi connectivity index (χ3n) is 3.71. The Morgan fingerprint density at radius 3 is 2.80 bits per heavy atom. The van der Waals surface area contributed by atoms with E-state index in [4.69, 9.17) is 5.73 Å². The summed E-state index contributed by atoms with van der Waals surface area (Å²) in [6, 6.07) is 7.53. The summed E-state index contributed by atoms with van der Waals surface area (Å²) in [5, 5.41) is 4.27. The number of rotatable bonds is 5. The normalized spacial score (nSPS) is 16.1. The summed E-state index contributed by atoms with van der Waals surface area (Å²) in [5.74, 6) is -0.215. The van der Waals surface area contributed by atoms with Gasteiger partial charge in [0.05, 0.1) is 0 Å². The molecule has 0 spiro atoms. The van der Waals surface area contributed by atoms with E-state index >= 15 is 0 Å². The number of anilines is 1. The second-order valence-electron chi connectivity index (χ2n) is 5.48. The zero-order valence-corrected chi connectivity index (χ0v) is 12.4. The molecule has 1 aliphatic rings. The van der Waals surface area contributed by atoms with E-state index < -0.39 is 0 Å². The van der Waals surface area contributed by atoms with Crippen molar-refractivity contribution in [1.82, 2.24) is 0 Å². The van der Waals surface area contributed by atoms with Gasteiger partial charge in [0.1, 0.15) is 5.82 Å². The minimum atomic E-state index is -0.215. The molecule has 0 amide bonds. The summed E-state index contributed by atoms with van der Waals surface area (Å²) in [5.41, 5.74) is 9.31. The van der Waals surface area contributed by atoms with Crippen LogP contribution in [0.4, 0.5) is 10.1 Å². The van der Waals surface area contributed by atoms with E-state index in [-0.39, 0.29) is 11.9 Å². The molecular formula is C16H19FN2S. The van der Waals surface area contributed by atoms with Gasteiger partial charge in [-0.25, -0.2) is 4.39 Å². The minimum absolute atomic E-state index is 0.163. The van der Waals surface area contributed by atoms with Crippen LogP contribution in [-0.2, 0) is 6.54 Å². The highest BCUT2D eigenvalue weighted by Gasteiger charge is 2.31. The molecule has 1 atom stereocenters. The first-order valence-corrected chi connectivity index (χ1v) is 7.92. The monoisotopic (exact) mass is 290 g/mol. The third-order valence-corrected chi connectivity index (χ3v) is 4.44. The molecule has 0 aliphatic heterocycles. The number of hydrogen-bond acceptors (Lipinski definition) is 3. The van der Waals surface area contributed by atoms with Gasteiger partial charge in [0, 0.05) is 24.3 Å². The summed E-state index contributed by atoms with van der Waals surface area (Å²) in [4.78, 5) is 2.38. The van der Waals surface area contributed by atoms with Crippen LogP contribution in [0.25, 0.3) is 0 Å². The highest BCUT2D eigenvalue weighted by atomic mass is 32.1.